The minimum Gasteiger partial charge on any atom is -0.383 e. The van der Waals surface area contributed by atoms with Gasteiger partial charge in [-0.05, 0) is 49.7 Å². The number of thiocarbonyl (C=S) groups is 1. The van der Waals surface area contributed by atoms with Gasteiger partial charge in [0.2, 0.25) is 0 Å². The van der Waals surface area contributed by atoms with Gasteiger partial charge in [0.25, 0.3) is 0 Å². The van der Waals surface area contributed by atoms with E-state index in [2.05, 4.69) is 31.0 Å². The minimum absolute atomic E-state index is 0.0334. The average molecular weight is 255 g/mol. The molecule has 0 aromatic rings. The number of halogens is 1. The van der Waals surface area contributed by atoms with Gasteiger partial charge in [-0.25, -0.2) is 4.99 Å². The summed E-state index contributed by atoms with van der Waals surface area (Å²) in [4.78, 5) is 3.89. The first-order chi connectivity index (χ1) is 7.40. The zero-order valence-corrected chi connectivity index (χ0v) is 11.2. The van der Waals surface area contributed by atoms with Crippen molar-refractivity contribution >= 4 is 34.1 Å². The Bertz CT molecular complexity index is 430. The molecule has 0 bridgehead atoms. The topological polar surface area (TPSA) is 38.4 Å². The van der Waals surface area contributed by atoms with Gasteiger partial charge in [-0.1, -0.05) is 30.2 Å². The molecule has 1 aliphatic carbocycles. The van der Waals surface area contributed by atoms with Gasteiger partial charge in [0.1, 0.15) is 5.84 Å². The molecule has 16 heavy (non-hydrogen) atoms. The highest BCUT2D eigenvalue weighted by Gasteiger charge is 2.10. The maximum Gasteiger partial charge on any atom is 0.195 e. The van der Waals surface area contributed by atoms with E-state index < -0.39 is 0 Å². The predicted molar refractivity (Wildman–Crippen MR) is 74.8 cm³/mol. The first kappa shape index (κ1) is 13.1. The van der Waals surface area contributed by atoms with Crippen LogP contribution in [0.25, 0.3) is 0 Å². The smallest absolute Gasteiger partial charge is 0.195 e. The fraction of sp³-hybridized carbons (Fsp3) is 0.333. The molecule has 0 saturated carbocycles. The van der Waals surface area contributed by atoms with Crippen LogP contribution < -0.4 is 5.73 Å². The molecule has 0 spiro atoms. The Morgan fingerprint density at radius 2 is 2.06 bits per heavy atom. The van der Waals surface area contributed by atoms with Gasteiger partial charge in [0, 0.05) is 5.57 Å². The van der Waals surface area contributed by atoms with E-state index in [1.54, 1.807) is 0 Å². The summed E-state index contributed by atoms with van der Waals surface area (Å²) in [6.07, 6.45) is 6.19. The summed E-state index contributed by atoms with van der Waals surface area (Å²) in [6.45, 7) is 6.24. The van der Waals surface area contributed by atoms with Crippen LogP contribution in [-0.2, 0) is 0 Å². The lowest BCUT2D eigenvalue weighted by Gasteiger charge is -2.06. The van der Waals surface area contributed by atoms with Crippen molar-refractivity contribution in [2.75, 3.05) is 0 Å². The average Bonchev–Trinajstić information content (AvgIpc) is 2.25. The molecule has 0 heterocycles. The summed E-state index contributed by atoms with van der Waals surface area (Å²) in [6, 6.07) is 0. The number of allylic oxidation sites excluding steroid dienone is 4. The van der Waals surface area contributed by atoms with Crippen molar-refractivity contribution in [2.24, 2.45) is 16.6 Å². The molecular weight excluding hydrogens is 240 g/mol. The Labute approximate surface area is 107 Å². The molecule has 0 saturated heterocycles. The van der Waals surface area contributed by atoms with Crippen LogP contribution >= 0.6 is 23.8 Å². The SMILES string of the molecule is CC1=CC(C(N)=NC(=S)Cl)=CC(C)C(C)=C1. The quantitative estimate of drug-likeness (QED) is 0.256. The van der Waals surface area contributed by atoms with Crippen molar-refractivity contribution in [2.45, 2.75) is 20.8 Å². The van der Waals surface area contributed by atoms with Crippen LogP contribution in [0.4, 0.5) is 0 Å². The van der Waals surface area contributed by atoms with E-state index >= 15 is 0 Å². The summed E-state index contributed by atoms with van der Waals surface area (Å²) in [5.74, 6) is 0.704. The molecule has 0 radical (unpaired) electrons. The highest BCUT2D eigenvalue weighted by molar-refractivity contribution is 7.83. The molecule has 1 aliphatic rings. The lowest BCUT2D eigenvalue weighted by atomic mass is 10.0. The number of rotatable bonds is 1. The summed E-state index contributed by atoms with van der Waals surface area (Å²) >= 11 is 10.2. The van der Waals surface area contributed by atoms with Crippen LogP contribution in [0.1, 0.15) is 20.8 Å². The van der Waals surface area contributed by atoms with Gasteiger partial charge in [-0.15, -0.1) is 0 Å². The Hall–Kier alpha value is -0.930. The van der Waals surface area contributed by atoms with Crippen molar-refractivity contribution < 1.29 is 0 Å². The van der Waals surface area contributed by atoms with Crippen LogP contribution in [-0.4, -0.2) is 10.3 Å². The van der Waals surface area contributed by atoms with Crippen molar-refractivity contribution in [3.05, 3.63) is 34.9 Å². The third-order valence-electron chi connectivity index (χ3n) is 2.49. The Kier molecular flexibility index (Phi) is 4.44. The van der Waals surface area contributed by atoms with Crippen molar-refractivity contribution in [1.29, 1.82) is 0 Å². The standard InChI is InChI=1S/C12H15ClN2S/c1-7-4-8(2)9(3)6-10(5-7)11(14)15-12(13)16/h4-6,9H,1-3H3,(H2,14,15,16). The molecular formula is C12H15ClN2S. The van der Waals surface area contributed by atoms with Gasteiger partial charge < -0.3 is 5.73 Å². The zero-order valence-electron chi connectivity index (χ0n) is 9.62. The second-order valence-electron chi connectivity index (χ2n) is 3.94. The highest BCUT2D eigenvalue weighted by atomic mass is 35.5. The largest absolute Gasteiger partial charge is 0.383 e. The molecule has 1 rings (SSSR count). The van der Waals surface area contributed by atoms with Gasteiger partial charge in [0.05, 0.1) is 0 Å². The van der Waals surface area contributed by atoms with E-state index in [4.69, 9.17) is 29.6 Å². The molecule has 2 N–H and O–H groups in total. The molecule has 4 heteroatoms. The summed E-state index contributed by atoms with van der Waals surface area (Å²) in [5.41, 5.74) is 9.15. The Morgan fingerprint density at radius 3 is 2.62 bits per heavy atom. The van der Waals surface area contributed by atoms with E-state index in [9.17, 15) is 0 Å². The molecule has 0 aliphatic heterocycles. The summed E-state index contributed by atoms with van der Waals surface area (Å²) in [5, 5.41) is 0. The summed E-state index contributed by atoms with van der Waals surface area (Å²) < 4.78 is 0.0334. The van der Waals surface area contributed by atoms with Gasteiger partial charge in [-0.2, -0.15) is 0 Å². The van der Waals surface area contributed by atoms with Crippen molar-refractivity contribution in [3.63, 3.8) is 0 Å². The van der Waals surface area contributed by atoms with E-state index in [0.717, 1.165) is 11.1 Å². The number of amidine groups is 1. The number of hydrogen-bond donors (Lipinski definition) is 1. The fourth-order valence-corrected chi connectivity index (χ4v) is 1.73. The van der Waals surface area contributed by atoms with E-state index in [1.165, 1.54) is 5.57 Å². The maximum atomic E-state index is 5.83. The lowest BCUT2D eigenvalue weighted by Crippen LogP contribution is -2.15. The van der Waals surface area contributed by atoms with Gasteiger partial charge in [0.15, 0.2) is 4.45 Å². The van der Waals surface area contributed by atoms with Gasteiger partial charge >= 0.3 is 0 Å². The second kappa shape index (κ2) is 5.41. The van der Waals surface area contributed by atoms with Crippen LogP contribution in [0.3, 0.4) is 0 Å². The number of hydrogen-bond acceptors (Lipinski definition) is 1. The molecule has 1 atom stereocenters. The number of nitrogens with zero attached hydrogens (tertiary/aromatic N) is 1. The second-order valence-corrected chi connectivity index (χ2v) is 4.91. The Balaban J connectivity index is 3.12. The number of aliphatic imine (C=N–C) groups is 1. The monoisotopic (exact) mass is 254 g/mol. The predicted octanol–water partition coefficient (Wildman–Crippen LogP) is 3.34. The first-order valence-corrected chi connectivity index (χ1v) is 5.81. The normalized spacial score (nSPS) is 21.9. The van der Waals surface area contributed by atoms with Crippen LogP contribution in [0.2, 0.25) is 0 Å². The summed E-state index contributed by atoms with van der Waals surface area (Å²) in [7, 11) is 0. The molecule has 0 aromatic heterocycles. The molecule has 86 valence electrons. The van der Waals surface area contributed by atoms with E-state index in [1.807, 2.05) is 13.0 Å². The highest BCUT2D eigenvalue weighted by Crippen LogP contribution is 2.21. The molecule has 0 aromatic carbocycles. The maximum absolute atomic E-state index is 5.83. The number of nitrogens with two attached hydrogens (primary N) is 1. The fourth-order valence-electron chi connectivity index (χ4n) is 1.54. The van der Waals surface area contributed by atoms with Crippen molar-refractivity contribution in [1.82, 2.24) is 0 Å². The van der Waals surface area contributed by atoms with Crippen LogP contribution in [0.15, 0.2) is 39.9 Å². The molecule has 0 amide bonds. The lowest BCUT2D eigenvalue weighted by molar-refractivity contribution is 0.861. The van der Waals surface area contributed by atoms with Crippen LogP contribution in [0.5, 0.6) is 0 Å². The third kappa shape index (κ3) is 3.58. The Morgan fingerprint density at radius 1 is 1.44 bits per heavy atom. The first-order valence-electron chi connectivity index (χ1n) is 5.02. The molecule has 1 unspecified atom stereocenters. The third-order valence-corrected chi connectivity index (χ3v) is 2.67. The van der Waals surface area contributed by atoms with E-state index in [-0.39, 0.29) is 4.45 Å². The zero-order chi connectivity index (χ0) is 12.3. The molecule has 2 nitrogen and oxygen atoms in total. The van der Waals surface area contributed by atoms with Crippen LogP contribution in [0, 0.1) is 5.92 Å². The minimum atomic E-state index is 0.0334. The van der Waals surface area contributed by atoms with Gasteiger partial charge in [-0.3, -0.25) is 0 Å². The van der Waals surface area contributed by atoms with Crippen molar-refractivity contribution in [3.8, 4) is 0 Å². The van der Waals surface area contributed by atoms with E-state index in [0.29, 0.717) is 11.8 Å². The molecule has 0 fully saturated rings.